The fourth-order valence-electron chi connectivity index (χ4n) is 4.30. The van der Waals surface area contributed by atoms with Crippen molar-refractivity contribution in [2.75, 3.05) is 16.8 Å². The molecule has 1 saturated heterocycles. The standard InChI is InChI=1S/C25H21N3O3/c29-23(26-19-10-3-6-13-22(19)27-15-7-14-24(27)30)16-28-20-11-4-1-8-17(20)25(31)18-9-2-5-12-21(18)28/h1-6,8-13H,7,14-16H2,(H,26,29). The van der Waals surface area contributed by atoms with Gasteiger partial charge in [0.1, 0.15) is 6.54 Å². The van der Waals surface area contributed by atoms with Gasteiger partial charge in [-0.05, 0) is 42.8 Å². The zero-order chi connectivity index (χ0) is 21.4. The Morgan fingerprint density at radius 3 is 2.10 bits per heavy atom. The predicted octanol–water partition coefficient (Wildman–Crippen LogP) is 3.92. The van der Waals surface area contributed by atoms with Crippen molar-refractivity contribution in [2.24, 2.45) is 0 Å². The predicted molar refractivity (Wildman–Crippen MR) is 122 cm³/mol. The first-order chi connectivity index (χ1) is 15.1. The molecular formula is C25H21N3O3. The number of carbonyl (C=O) groups is 2. The fourth-order valence-corrected chi connectivity index (χ4v) is 4.30. The van der Waals surface area contributed by atoms with Crippen molar-refractivity contribution in [1.29, 1.82) is 0 Å². The molecule has 31 heavy (non-hydrogen) atoms. The van der Waals surface area contributed by atoms with E-state index in [1.54, 1.807) is 23.1 Å². The first-order valence-electron chi connectivity index (χ1n) is 10.3. The normalized spacial score (nSPS) is 13.8. The van der Waals surface area contributed by atoms with Crippen LogP contribution in [0.2, 0.25) is 0 Å². The van der Waals surface area contributed by atoms with E-state index in [1.807, 2.05) is 59.2 Å². The van der Waals surface area contributed by atoms with Crippen LogP contribution in [0.3, 0.4) is 0 Å². The van der Waals surface area contributed by atoms with Crippen LogP contribution in [-0.4, -0.2) is 22.9 Å². The molecule has 6 nitrogen and oxygen atoms in total. The quantitative estimate of drug-likeness (QED) is 0.518. The number of para-hydroxylation sites is 4. The highest BCUT2D eigenvalue weighted by Gasteiger charge is 2.24. The van der Waals surface area contributed by atoms with E-state index in [4.69, 9.17) is 0 Å². The molecule has 2 heterocycles. The number of anilines is 2. The van der Waals surface area contributed by atoms with E-state index in [0.717, 1.165) is 6.42 Å². The summed E-state index contributed by atoms with van der Waals surface area (Å²) in [6.45, 7) is 0.699. The van der Waals surface area contributed by atoms with Gasteiger partial charge < -0.3 is 14.8 Å². The van der Waals surface area contributed by atoms with Gasteiger partial charge in [-0.15, -0.1) is 0 Å². The van der Waals surface area contributed by atoms with E-state index >= 15 is 0 Å². The first-order valence-corrected chi connectivity index (χ1v) is 10.3. The van der Waals surface area contributed by atoms with Crippen molar-refractivity contribution in [1.82, 2.24) is 4.57 Å². The Kier molecular flexibility index (Phi) is 4.75. The molecule has 3 aromatic carbocycles. The van der Waals surface area contributed by atoms with Gasteiger partial charge in [0, 0.05) is 23.7 Å². The zero-order valence-electron chi connectivity index (χ0n) is 16.9. The van der Waals surface area contributed by atoms with Gasteiger partial charge in [0.15, 0.2) is 5.43 Å². The Morgan fingerprint density at radius 1 is 0.839 bits per heavy atom. The van der Waals surface area contributed by atoms with Crippen LogP contribution in [0.25, 0.3) is 21.8 Å². The highest BCUT2D eigenvalue weighted by molar-refractivity contribution is 6.03. The monoisotopic (exact) mass is 411 g/mol. The van der Waals surface area contributed by atoms with Gasteiger partial charge in [-0.3, -0.25) is 14.4 Å². The van der Waals surface area contributed by atoms with Crippen LogP contribution in [0.4, 0.5) is 11.4 Å². The molecule has 4 aromatic rings. The van der Waals surface area contributed by atoms with Crippen LogP contribution in [0.1, 0.15) is 12.8 Å². The van der Waals surface area contributed by atoms with Crippen molar-refractivity contribution in [2.45, 2.75) is 19.4 Å². The largest absolute Gasteiger partial charge is 0.331 e. The van der Waals surface area contributed by atoms with E-state index in [0.29, 0.717) is 46.1 Å². The molecule has 5 rings (SSSR count). The van der Waals surface area contributed by atoms with Gasteiger partial charge in [0.2, 0.25) is 11.8 Å². The summed E-state index contributed by atoms with van der Waals surface area (Å²) in [5, 5.41) is 4.13. The second-order valence-electron chi connectivity index (χ2n) is 7.66. The smallest absolute Gasteiger partial charge is 0.244 e. The summed E-state index contributed by atoms with van der Waals surface area (Å²) in [6.07, 6.45) is 1.34. The van der Waals surface area contributed by atoms with E-state index < -0.39 is 0 Å². The number of hydrogen-bond donors (Lipinski definition) is 1. The van der Waals surface area contributed by atoms with E-state index in [9.17, 15) is 14.4 Å². The molecule has 0 aliphatic carbocycles. The van der Waals surface area contributed by atoms with E-state index in [2.05, 4.69) is 5.32 Å². The number of nitrogens with one attached hydrogen (secondary N) is 1. The molecule has 0 spiro atoms. The Hall–Kier alpha value is -3.93. The second-order valence-corrected chi connectivity index (χ2v) is 7.66. The molecule has 1 aliphatic heterocycles. The maximum atomic E-state index is 13.1. The molecule has 0 atom stereocenters. The summed E-state index contributed by atoms with van der Waals surface area (Å²) >= 11 is 0. The minimum Gasteiger partial charge on any atom is -0.331 e. The maximum absolute atomic E-state index is 13.1. The average Bonchev–Trinajstić information content (AvgIpc) is 3.22. The summed E-state index contributed by atoms with van der Waals surface area (Å²) in [5.74, 6) is -0.155. The number of hydrogen-bond acceptors (Lipinski definition) is 3. The van der Waals surface area contributed by atoms with Crippen LogP contribution < -0.4 is 15.6 Å². The van der Waals surface area contributed by atoms with Crippen LogP contribution >= 0.6 is 0 Å². The van der Waals surface area contributed by atoms with Gasteiger partial charge >= 0.3 is 0 Å². The van der Waals surface area contributed by atoms with Crippen molar-refractivity contribution in [3.63, 3.8) is 0 Å². The molecule has 0 unspecified atom stereocenters. The Bertz CT molecular complexity index is 1330. The minimum absolute atomic E-state index is 0.0410. The molecule has 0 bridgehead atoms. The van der Waals surface area contributed by atoms with Crippen LogP contribution in [0.15, 0.2) is 77.6 Å². The molecule has 2 amide bonds. The van der Waals surface area contributed by atoms with Crippen molar-refractivity contribution < 1.29 is 9.59 Å². The molecule has 154 valence electrons. The van der Waals surface area contributed by atoms with Gasteiger partial charge in [-0.2, -0.15) is 0 Å². The molecule has 1 aliphatic rings. The topological polar surface area (TPSA) is 71.4 Å². The average molecular weight is 411 g/mol. The number of aromatic nitrogens is 1. The van der Waals surface area contributed by atoms with Gasteiger partial charge in [-0.1, -0.05) is 36.4 Å². The number of rotatable bonds is 4. The van der Waals surface area contributed by atoms with E-state index in [1.165, 1.54) is 0 Å². The summed E-state index contributed by atoms with van der Waals surface area (Å²) in [7, 11) is 0. The number of amides is 2. The third-order valence-corrected chi connectivity index (χ3v) is 5.72. The van der Waals surface area contributed by atoms with E-state index in [-0.39, 0.29) is 23.8 Å². The molecule has 0 radical (unpaired) electrons. The van der Waals surface area contributed by atoms with Crippen LogP contribution in [-0.2, 0) is 16.1 Å². The molecule has 0 saturated carbocycles. The minimum atomic E-state index is -0.224. The number of nitrogens with zero attached hydrogens (tertiary/aromatic N) is 2. The Balaban J connectivity index is 1.53. The number of carbonyl (C=O) groups excluding carboxylic acids is 2. The highest BCUT2D eigenvalue weighted by Crippen LogP contribution is 2.29. The lowest BCUT2D eigenvalue weighted by molar-refractivity contribution is -0.117. The summed E-state index contributed by atoms with van der Waals surface area (Å²) in [5.41, 5.74) is 2.71. The highest BCUT2D eigenvalue weighted by atomic mass is 16.2. The van der Waals surface area contributed by atoms with Crippen LogP contribution in [0, 0.1) is 0 Å². The second kappa shape index (κ2) is 7.72. The number of pyridine rings is 1. The number of benzene rings is 3. The Labute approximate surface area is 178 Å². The van der Waals surface area contributed by atoms with Crippen molar-refractivity contribution in [3.05, 3.63) is 83.0 Å². The lowest BCUT2D eigenvalue weighted by Gasteiger charge is -2.20. The first kappa shape index (κ1) is 19.1. The fraction of sp³-hybridized carbons (Fsp3) is 0.160. The number of fused-ring (bicyclic) bond motifs is 2. The zero-order valence-corrected chi connectivity index (χ0v) is 16.9. The Morgan fingerprint density at radius 2 is 1.45 bits per heavy atom. The SMILES string of the molecule is O=C(Cn1c2ccccc2c(=O)c2ccccc21)Nc1ccccc1N1CCCC1=O. The lowest BCUT2D eigenvalue weighted by atomic mass is 10.1. The summed E-state index contributed by atoms with van der Waals surface area (Å²) < 4.78 is 1.87. The van der Waals surface area contributed by atoms with Crippen molar-refractivity contribution in [3.8, 4) is 0 Å². The van der Waals surface area contributed by atoms with Crippen molar-refractivity contribution >= 4 is 45.0 Å². The molecule has 1 fully saturated rings. The maximum Gasteiger partial charge on any atom is 0.244 e. The lowest BCUT2D eigenvalue weighted by Crippen LogP contribution is -2.26. The van der Waals surface area contributed by atoms with Gasteiger partial charge in [-0.25, -0.2) is 0 Å². The molecule has 1 N–H and O–H groups in total. The molecular weight excluding hydrogens is 390 g/mol. The summed E-state index contributed by atoms with van der Waals surface area (Å²) in [4.78, 5) is 39.9. The third kappa shape index (κ3) is 3.36. The third-order valence-electron chi connectivity index (χ3n) is 5.72. The van der Waals surface area contributed by atoms with Gasteiger partial charge in [0.05, 0.1) is 22.4 Å². The molecule has 6 heteroatoms. The molecule has 1 aromatic heterocycles. The van der Waals surface area contributed by atoms with Crippen LogP contribution in [0.5, 0.6) is 0 Å². The summed E-state index contributed by atoms with van der Waals surface area (Å²) in [6, 6.07) is 22.0. The van der Waals surface area contributed by atoms with Gasteiger partial charge in [0.25, 0.3) is 0 Å².